The van der Waals surface area contributed by atoms with Crippen molar-refractivity contribution in [3.63, 3.8) is 0 Å². The third-order valence-electron chi connectivity index (χ3n) is 3.18. The maximum atomic E-state index is 5.95. The van der Waals surface area contributed by atoms with Crippen LogP contribution in [0, 0.1) is 0 Å². The average Bonchev–Trinajstić information content (AvgIpc) is 2.59. The van der Waals surface area contributed by atoms with E-state index in [1.165, 1.54) is 19.6 Å². The first-order chi connectivity index (χ1) is 11.2. The molecule has 0 saturated carbocycles. The van der Waals surface area contributed by atoms with Gasteiger partial charge in [-0.05, 0) is 60.7 Å². The largest absolute Gasteiger partial charge is 0.497 e. The van der Waals surface area contributed by atoms with Gasteiger partial charge in [0.1, 0.15) is 5.75 Å². The summed E-state index contributed by atoms with van der Waals surface area (Å²) >= 11 is 9.45. The first kappa shape index (κ1) is 16.3. The molecule has 0 atom stereocenters. The molecule has 0 saturated heterocycles. The van der Waals surface area contributed by atoms with Crippen LogP contribution >= 0.6 is 35.1 Å². The molecule has 0 fully saturated rings. The minimum Gasteiger partial charge on any atom is -0.497 e. The molecule has 0 amide bonds. The number of rotatable bonds is 5. The first-order valence-corrected chi connectivity index (χ1v) is 9.10. The van der Waals surface area contributed by atoms with Gasteiger partial charge in [-0.1, -0.05) is 47.3 Å². The molecule has 0 aliphatic heterocycles. The summed E-state index contributed by atoms with van der Waals surface area (Å²) in [6, 6.07) is 24.5. The molecular formula is C19H15ClOS2. The summed E-state index contributed by atoms with van der Waals surface area (Å²) in [5, 5.41) is 0.759. The van der Waals surface area contributed by atoms with E-state index in [9.17, 15) is 0 Å². The summed E-state index contributed by atoms with van der Waals surface area (Å²) in [5.41, 5.74) is 0. The fourth-order valence-electron chi connectivity index (χ4n) is 2.02. The zero-order valence-corrected chi connectivity index (χ0v) is 14.9. The molecule has 3 aromatic rings. The number of hydrogen-bond acceptors (Lipinski definition) is 3. The Morgan fingerprint density at radius 2 is 1.17 bits per heavy atom. The summed E-state index contributed by atoms with van der Waals surface area (Å²) in [5.74, 6) is 0.873. The van der Waals surface area contributed by atoms with E-state index < -0.39 is 0 Å². The zero-order valence-electron chi connectivity index (χ0n) is 12.5. The van der Waals surface area contributed by atoms with Crippen LogP contribution in [0.2, 0.25) is 5.02 Å². The molecule has 1 nitrogen and oxygen atoms in total. The fourth-order valence-corrected chi connectivity index (χ4v) is 4.08. The van der Waals surface area contributed by atoms with Crippen molar-refractivity contribution in [2.24, 2.45) is 0 Å². The van der Waals surface area contributed by atoms with Gasteiger partial charge in [-0.15, -0.1) is 0 Å². The van der Waals surface area contributed by atoms with Gasteiger partial charge in [0, 0.05) is 24.6 Å². The standard InChI is InChI=1S/C19H15ClOS2/c1-21-15-8-12-17(13-9-15)23-19-5-3-2-4-18(19)22-16-10-6-14(20)7-11-16/h2-13H,1H3. The summed E-state index contributed by atoms with van der Waals surface area (Å²) < 4.78 is 5.21. The predicted octanol–water partition coefficient (Wildman–Crippen LogP) is 6.65. The van der Waals surface area contributed by atoms with Gasteiger partial charge >= 0.3 is 0 Å². The van der Waals surface area contributed by atoms with Crippen molar-refractivity contribution in [1.29, 1.82) is 0 Å². The third kappa shape index (κ3) is 4.47. The topological polar surface area (TPSA) is 9.23 Å². The van der Waals surface area contributed by atoms with Crippen LogP contribution in [0.5, 0.6) is 5.75 Å². The maximum Gasteiger partial charge on any atom is 0.118 e. The second kappa shape index (κ2) is 7.82. The molecule has 3 aromatic carbocycles. The van der Waals surface area contributed by atoms with Gasteiger partial charge in [0.25, 0.3) is 0 Å². The van der Waals surface area contributed by atoms with Crippen molar-refractivity contribution >= 4 is 35.1 Å². The van der Waals surface area contributed by atoms with Crippen LogP contribution in [0.1, 0.15) is 0 Å². The normalized spacial score (nSPS) is 10.5. The van der Waals surface area contributed by atoms with Crippen molar-refractivity contribution in [2.75, 3.05) is 7.11 Å². The highest BCUT2D eigenvalue weighted by molar-refractivity contribution is 8.02. The molecular weight excluding hydrogens is 344 g/mol. The van der Waals surface area contributed by atoms with E-state index in [1.807, 2.05) is 36.4 Å². The summed E-state index contributed by atoms with van der Waals surface area (Å²) in [6.07, 6.45) is 0. The van der Waals surface area contributed by atoms with Gasteiger partial charge in [-0.2, -0.15) is 0 Å². The quantitative estimate of drug-likeness (QED) is 0.505. The van der Waals surface area contributed by atoms with Crippen molar-refractivity contribution in [3.8, 4) is 5.75 Å². The molecule has 0 heterocycles. The number of hydrogen-bond donors (Lipinski definition) is 0. The van der Waals surface area contributed by atoms with Crippen LogP contribution < -0.4 is 4.74 Å². The van der Waals surface area contributed by atoms with Crippen LogP contribution in [-0.2, 0) is 0 Å². The van der Waals surface area contributed by atoms with Gasteiger partial charge in [-0.3, -0.25) is 0 Å². The monoisotopic (exact) mass is 358 g/mol. The van der Waals surface area contributed by atoms with Gasteiger partial charge in [0.15, 0.2) is 0 Å². The summed E-state index contributed by atoms with van der Waals surface area (Å²) in [7, 11) is 1.68. The molecule has 0 unspecified atom stereocenters. The van der Waals surface area contributed by atoms with Gasteiger partial charge in [0.05, 0.1) is 7.11 Å². The highest BCUT2D eigenvalue weighted by Crippen LogP contribution is 2.39. The molecule has 3 rings (SSSR count). The van der Waals surface area contributed by atoms with E-state index in [0.29, 0.717) is 0 Å². The third-order valence-corrected chi connectivity index (χ3v) is 5.73. The summed E-state index contributed by atoms with van der Waals surface area (Å²) in [4.78, 5) is 4.83. The average molecular weight is 359 g/mol. The number of halogens is 1. The Bertz CT molecular complexity index is 770. The smallest absolute Gasteiger partial charge is 0.118 e. The van der Waals surface area contributed by atoms with Crippen molar-refractivity contribution in [1.82, 2.24) is 0 Å². The highest BCUT2D eigenvalue weighted by atomic mass is 35.5. The minimum atomic E-state index is 0.759. The van der Waals surface area contributed by atoms with E-state index in [-0.39, 0.29) is 0 Å². The van der Waals surface area contributed by atoms with E-state index in [0.717, 1.165) is 10.8 Å². The number of ether oxygens (including phenoxy) is 1. The number of methoxy groups -OCH3 is 1. The molecule has 4 heteroatoms. The predicted molar refractivity (Wildman–Crippen MR) is 99.1 cm³/mol. The van der Waals surface area contributed by atoms with Crippen molar-refractivity contribution in [2.45, 2.75) is 19.6 Å². The first-order valence-electron chi connectivity index (χ1n) is 7.09. The Kier molecular flexibility index (Phi) is 5.55. The van der Waals surface area contributed by atoms with Crippen molar-refractivity contribution in [3.05, 3.63) is 77.8 Å². The Morgan fingerprint density at radius 3 is 1.65 bits per heavy atom. The van der Waals surface area contributed by atoms with E-state index in [1.54, 1.807) is 30.6 Å². The molecule has 0 radical (unpaired) electrons. The molecule has 0 spiro atoms. The van der Waals surface area contributed by atoms with Crippen LogP contribution in [-0.4, -0.2) is 7.11 Å². The van der Waals surface area contributed by atoms with E-state index in [4.69, 9.17) is 16.3 Å². The van der Waals surface area contributed by atoms with Crippen LogP contribution in [0.3, 0.4) is 0 Å². The highest BCUT2D eigenvalue weighted by Gasteiger charge is 2.06. The Hall–Kier alpha value is -1.55. The molecule has 0 aliphatic rings. The van der Waals surface area contributed by atoms with Gasteiger partial charge in [-0.25, -0.2) is 0 Å². The molecule has 0 N–H and O–H groups in total. The van der Waals surface area contributed by atoms with Crippen molar-refractivity contribution < 1.29 is 4.74 Å². The SMILES string of the molecule is COc1ccc(Sc2ccccc2Sc2ccc(Cl)cc2)cc1. The Labute approximate surface area is 150 Å². The lowest BCUT2D eigenvalue weighted by Crippen LogP contribution is -1.82. The van der Waals surface area contributed by atoms with Crippen LogP contribution in [0.15, 0.2) is 92.4 Å². The Morgan fingerprint density at radius 1 is 0.696 bits per heavy atom. The molecule has 0 aromatic heterocycles. The van der Waals surface area contributed by atoms with Gasteiger partial charge < -0.3 is 4.74 Å². The fraction of sp³-hybridized carbons (Fsp3) is 0.0526. The second-order valence-corrected chi connectivity index (χ2v) is 7.45. The second-order valence-electron chi connectivity index (χ2n) is 4.78. The lowest BCUT2D eigenvalue weighted by atomic mass is 10.3. The number of benzene rings is 3. The molecule has 116 valence electrons. The zero-order chi connectivity index (χ0) is 16.1. The lowest BCUT2D eigenvalue weighted by molar-refractivity contribution is 0.414. The molecule has 23 heavy (non-hydrogen) atoms. The molecule has 0 bridgehead atoms. The Balaban J connectivity index is 1.80. The van der Waals surface area contributed by atoms with Crippen LogP contribution in [0.4, 0.5) is 0 Å². The summed E-state index contributed by atoms with van der Waals surface area (Å²) in [6.45, 7) is 0. The molecule has 0 aliphatic carbocycles. The lowest BCUT2D eigenvalue weighted by Gasteiger charge is -2.09. The minimum absolute atomic E-state index is 0.759. The van der Waals surface area contributed by atoms with E-state index in [2.05, 4.69) is 36.4 Å². The van der Waals surface area contributed by atoms with Crippen LogP contribution in [0.25, 0.3) is 0 Å². The maximum absolute atomic E-state index is 5.95. The van der Waals surface area contributed by atoms with Gasteiger partial charge in [0.2, 0.25) is 0 Å². The van der Waals surface area contributed by atoms with E-state index >= 15 is 0 Å².